The van der Waals surface area contributed by atoms with E-state index in [0.29, 0.717) is 6.42 Å². The van der Waals surface area contributed by atoms with Crippen LogP contribution in [-0.4, -0.2) is 38.4 Å². The number of benzene rings is 1. The van der Waals surface area contributed by atoms with Crippen molar-refractivity contribution in [1.29, 1.82) is 0 Å². The number of carbonyl (C=O) groups is 1. The van der Waals surface area contributed by atoms with Gasteiger partial charge in [0.05, 0.1) is 12.0 Å². The van der Waals surface area contributed by atoms with Crippen molar-refractivity contribution in [2.75, 3.05) is 13.7 Å². The van der Waals surface area contributed by atoms with Gasteiger partial charge < -0.3 is 4.74 Å². The van der Waals surface area contributed by atoms with Gasteiger partial charge in [0, 0.05) is 16.6 Å². The van der Waals surface area contributed by atoms with E-state index in [1.807, 2.05) is 0 Å². The zero-order valence-corrected chi connectivity index (χ0v) is 12.3. The van der Waals surface area contributed by atoms with Crippen LogP contribution in [0.5, 0.6) is 0 Å². The molecule has 5 nitrogen and oxygen atoms in total. The van der Waals surface area contributed by atoms with E-state index in [0.717, 1.165) is 4.31 Å². The van der Waals surface area contributed by atoms with Gasteiger partial charge in [0.25, 0.3) is 0 Å². The third kappa shape index (κ3) is 2.72. The van der Waals surface area contributed by atoms with Crippen LogP contribution in [0.3, 0.4) is 0 Å². The lowest BCUT2D eigenvalue weighted by atomic mass is 10.1. The molecule has 1 aliphatic rings. The molecule has 1 aromatic rings. The maximum atomic E-state index is 12.4. The zero-order chi connectivity index (χ0) is 14.2. The van der Waals surface area contributed by atoms with E-state index in [1.54, 1.807) is 0 Å². The number of halogens is 2. The maximum Gasteiger partial charge on any atom is 0.324 e. The molecule has 0 unspecified atom stereocenters. The number of carbonyl (C=O) groups excluding carboxylic acids is 1. The first-order valence-corrected chi connectivity index (χ1v) is 7.61. The Morgan fingerprint density at radius 1 is 1.32 bits per heavy atom. The standard InChI is InChI=1S/C11H11Cl2NO4S/c1-18-11(15)10-2-3-14(10)19(16,17)9-5-7(12)4-8(13)6-9/h4-6,10H,2-3H2,1H3/t10-/m0/s1. The second kappa shape index (κ2) is 5.28. The summed E-state index contributed by atoms with van der Waals surface area (Å²) in [5.41, 5.74) is 0. The van der Waals surface area contributed by atoms with Crippen LogP contribution < -0.4 is 0 Å². The van der Waals surface area contributed by atoms with Crippen LogP contribution in [0.4, 0.5) is 0 Å². The highest BCUT2D eigenvalue weighted by Gasteiger charge is 2.43. The van der Waals surface area contributed by atoms with Crippen molar-refractivity contribution >= 4 is 39.2 Å². The van der Waals surface area contributed by atoms with E-state index in [1.165, 1.54) is 25.3 Å². The molecule has 1 aliphatic heterocycles. The van der Waals surface area contributed by atoms with Crippen LogP contribution in [-0.2, 0) is 19.6 Å². The molecule has 0 amide bonds. The minimum absolute atomic E-state index is 0.0291. The van der Waals surface area contributed by atoms with Crippen molar-refractivity contribution < 1.29 is 17.9 Å². The zero-order valence-electron chi connectivity index (χ0n) is 9.97. The molecule has 1 saturated heterocycles. The second-order valence-electron chi connectivity index (χ2n) is 4.05. The number of esters is 1. The fraction of sp³-hybridized carbons (Fsp3) is 0.364. The van der Waals surface area contributed by atoms with Gasteiger partial charge in [0.1, 0.15) is 6.04 Å². The minimum atomic E-state index is -3.79. The average molecular weight is 324 g/mol. The molecule has 0 aliphatic carbocycles. The van der Waals surface area contributed by atoms with Gasteiger partial charge in [-0.05, 0) is 24.6 Å². The molecule has 1 aromatic carbocycles. The first-order valence-electron chi connectivity index (χ1n) is 5.42. The van der Waals surface area contributed by atoms with Crippen LogP contribution in [0.25, 0.3) is 0 Å². The maximum absolute atomic E-state index is 12.4. The Labute approximate surface area is 121 Å². The number of hydrogen-bond donors (Lipinski definition) is 0. The highest BCUT2D eigenvalue weighted by molar-refractivity contribution is 7.89. The normalized spacial score (nSPS) is 19.8. The Balaban J connectivity index is 2.35. The molecule has 2 rings (SSSR count). The minimum Gasteiger partial charge on any atom is -0.468 e. The Hall–Kier alpha value is -0.820. The van der Waals surface area contributed by atoms with Gasteiger partial charge in [0.15, 0.2) is 0 Å². The molecule has 19 heavy (non-hydrogen) atoms. The molecular weight excluding hydrogens is 313 g/mol. The summed E-state index contributed by atoms with van der Waals surface area (Å²) in [5.74, 6) is -0.567. The largest absolute Gasteiger partial charge is 0.468 e. The van der Waals surface area contributed by atoms with Gasteiger partial charge in [-0.25, -0.2) is 8.42 Å². The molecule has 104 valence electrons. The molecule has 0 bridgehead atoms. The fourth-order valence-electron chi connectivity index (χ4n) is 1.84. The number of rotatable bonds is 3. The van der Waals surface area contributed by atoms with E-state index in [9.17, 15) is 13.2 Å². The average Bonchev–Trinajstić information content (AvgIpc) is 2.25. The lowest BCUT2D eigenvalue weighted by Gasteiger charge is -2.37. The Morgan fingerprint density at radius 3 is 2.32 bits per heavy atom. The molecule has 0 spiro atoms. The van der Waals surface area contributed by atoms with E-state index >= 15 is 0 Å². The summed E-state index contributed by atoms with van der Waals surface area (Å²) in [5, 5.41) is 0.447. The highest BCUT2D eigenvalue weighted by Crippen LogP contribution is 2.30. The molecule has 0 radical (unpaired) electrons. The van der Waals surface area contributed by atoms with Gasteiger partial charge >= 0.3 is 5.97 Å². The Bertz CT molecular complexity index is 597. The Kier molecular flexibility index (Phi) is 4.06. The molecule has 1 atom stereocenters. The quantitative estimate of drug-likeness (QED) is 0.797. The molecule has 0 saturated carbocycles. The van der Waals surface area contributed by atoms with Crippen LogP contribution in [0.15, 0.2) is 23.1 Å². The summed E-state index contributed by atoms with van der Waals surface area (Å²) in [6, 6.07) is 3.27. The predicted molar refractivity (Wildman–Crippen MR) is 70.8 cm³/mol. The Morgan fingerprint density at radius 2 is 1.89 bits per heavy atom. The van der Waals surface area contributed by atoms with Crippen molar-refractivity contribution in [3.63, 3.8) is 0 Å². The number of sulfonamides is 1. The fourth-order valence-corrected chi connectivity index (χ4v) is 4.19. The summed E-state index contributed by atoms with van der Waals surface area (Å²) in [6.07, 6.45) is 0.445. The second-order valence-corrected chi connectivity index (χ2v) is 6.81. The van der Waals surface area contributed by atoms with Crippen LogP contribution >= 0.6 is 23.2 Å². The van der Waals surface area contributed by atoms with E-state index in [-0.39, 0.29) is 21.5 Å². The van der Waals surface area contributed by atoms with Crippen molar-refractivity contribution in [2.45, 2.75) is 17.4 Å². The highest BCUT2D eigenvalue weighted by atomic mass is 35.5. The van der Waals surface area contributed by atoms with Crippen molar-refractivity contribution in [2.24, 2.45) is 0 Å². The number of methoxy groups -OCH3 is 1. The molecule has 0 aromatic heterocycles. The summed E-state index contributed by atoms with van der Waals surface area (Å²) in [7, 11) is -2.56. The van der Waals surface area contributed by atoms with Crippen molar-refractivity contribution in [1.82, 2.24) is 4.31 Å². The number of nitrogens with zero attached hydrogens (tertiary/aromatic N) is 1. The van der Waals surface area contributed by atoms with Gasteiger partial charge in [0.2, 0.25) is 10.0 Å². The van der Waals surface area contributed by atoms with E-state index < -0.39 is 22.0 Å². The molecule has 8 heteroatoms. The van der Waals surface area contributed by atoms with Crippen LogP contribution in [0, 0.1) is 0 Å². The topological polar surface area (TPSA) is 63.7 Å². The molecule has 1 fully saturated rings. The summed E-state index contributed by atoms with van der Waals surface area (Å²) < 4.78 is 30.4. The van der Waals surface area contributed by atoms with Gasteiger partial charge in [-0.2, -0.15) is 4.31 Å². The van der Waals surface area contributed by atoms with Crippen LogP contribution in [0.1, 0.15) is 6.42 Å². The third-order valence-corrected chi connectivity index (χ3v) is 5.21. The van der Waals surface area contributed by atoms with Crippen molar-refractivity contribution in [3.8, 4) is 0 Å². The predicted octanol–water partition coefficient (Wildman–Crippen LogP) is 1.93. The van der Waals surface area contributed by atoms with Gasteiger partial charge in [-0.3, -0.25) is 4.79 Å². The summed E-state index contributed by atoms with van der Waals surface area (Å²) in [4.78, 5) is 11.4. The lowest BCUT2D eigenvalue weighted by Crippen LogP contribution is -2.55. The first-order chi connectivity index (χ1) is 8.86. The van der Waals surface area contributed by atoms with E-state index in [4.69, 9.17) is 23.2 Å². The number of ether oxygens (including phenoxy) is 1. The number of hydrogen-bond acceptors (Lipinski definition) is 4. The first kappa shape index (κ1) is 14.6. The lowest BCUT2D eigenvalue weighted by molar-refractivity contribution is -0.148. The molecular formula is C11H11Cl2NO4S. The van der Waals surface area contributed by atoms with E-state index in [2.05, 4.69) is 4.74 Å². The van der Waals surface area contributed by atoms with Crippen molar-refractivity contribution in [3.05, 3.63) is 28.2 Å². The third-order valence-electron chi connectivity index (χ3n) is 2.89. The molecule has 0 N–H and O–H groups in total. The SMILES string of the molecule is COC(=O)[C@@H]1CCN1S(=O)(=O)c1cc(Cl)cc(Cl)c1. The smallest absolute Gasteiger partial charge is 0.324 e. The van der Waals surface area contributed by atoms with Gasteiger partial charge in [-0.1, -0.05) is 23.2 Å². The molecule has 1 heterocycles. The van der Waals surface area contributed by atoms with Gasteiger partial charge in [-0.15, -0.1) is 0 Å². The summed E-state index contributed by atoms with van der Waals surface area (Å²) in [6.45, 7) is 0.270. The van der Waals surface area contributed by atoms with Crippen LogP contribution in [0.2, 0.25) is 10.0 Å². The monoisotopic (exact) mass is 323 g/mol. The summed E-state index contributed by atoms with van der Waals surface area (Å²) >= 11 is 11.6.